The van der Waals surface area contributed by atoms with Crippen LogP contribution in [0.4, 0.5) is 0 Å². The van der Waals surface area contributed by atoms with E-state index in [9.17, 15) is 9.90 Å². The van der Waals surface area contributed by atoms with E-state index in [1.807, 2.05) is 6.92 Å². The van der Waals surface area contributed by atoms with Gasteiger partial charge in [-0.05, 0) is 56.9 Å². The second kappa shape index (κ2) is 7.12. The molecule has 2 aliphatic heterocycles. The van der Waals surface area contributed by atoms with Crippen LogP contribution >= 0.6 is 0 Å². The Balaban J connectivity index is 1.97. The molecule has 3 aliphatic rings. The molecule has 3 rings (SSSR count). The van der Waals surface area contributed by atoms with Gasteiger partial charge in [0.25, 0.3) is 0 Å². The molecule has 0 radical (unpaired) electrons. The number of hydrogen-bond donors (Lipinski definition) is 1. The summed E-state index contributed by atoms with van der Waals surface area (Å²) in [6, 6.07) is 0. The van der Waals surface area contributed by atoms with E-state index >= 15 is 0 Å². The van der Waals surface area contributed by atoms with Crippen molar-refractivity contribution in [1.29, 1.82) is 0 Å². The Morgan fingerprint density at radius 1 is 1.46 bits per heavy atom. The topological polar surface area (TPSA) is 55.8 Å². The van der Waals surface area contributed by atoms with Crippen molar-refractivity contribution in [2.75, 3.05) is 0 Å². The number of carbonyl (C=O) groups is 1. The Morgan fingerprint density at radius 3 is 2.77 bits per heavy atom. The monoisotopic (exact) mass is 362 g/mol. The van der Waals surface area contributed by atoms with Crippen LogP contribution < -0.4 is 0 Å². The van der Waals surface area contributed by atoms with Gasteiger partial charge >= 0.3 is 5.97 Å². The molecule has 1 aliphatic carbocycles. The van der Waals surface area contributed by atoms with Crippen LogP contribution in [0, 0.1) is 23.7 Å². The first-order valence-electron chi connectivity index (χ1n) is 10.0. The number of rotatable bonds is 2. The largest absolute Gasteiger partial charge is 0.458 e. The van der Waals surface area contributed by atoms with Gasteiger partial charge in [-0.2, -0.15) is 0 Å². The predicted molar refractivity (Wildman–Crippen MR) is 102 cm³/mol. The van der Waals surface area contributed by atoms with Crippen molar-refractivity contribution >= 4 is 5.97 Å². The van der Waals surface area contributed by atoms with E-state index in [4.69, 9.17) is 9.47 Å². The third-order valence-electron chi connectivity index (χ3n) is 6.83. The first-order chi connectivity index (χ1) is 12.1. The number of aliphatic hydroxyl groups is 1. The molecule has 7 atom stereocenters. The standard InChI is InChI=1S/C22H34O4/c1-12(2)16-8-7-13(3)19-18-11-14(4)17(25-15(5)23)9-10-22(6,24)21(26-18)20(16)19/h7,12,16-21,24H,4,8-11H2,1-3,5-6H3/t16-,17+,18+,19-,20-,21-,22-/m1/s1. The minimum Gasteiger partial charge on any atom is -0.458 e. The summed E-state index contributed by atoms with van der Waals surface area (Å²) < 4.78 is 12.0. The zero-order chi connectivity index (χ0) is 19.2. The van der Waals surface area contributed by atoms with Gasteiger partial charge in [-0.1, -0.05) is 32.1 Å². The number of allylic oxidation sites excluding steroid dienone is 1. The lowest BCUT2D eigenvalue weighted by molar-refractivity contribution is -0.146. The fraction of sp³-hybridized carbons (Fsp3) is 0.773. The highest BCUT2D eigenvalue weighted by Gasteiger charge is 2.56. The number of ether oxygens (including phenoxy) is 2. The van der Waals surface area contributed by atoms with Crippen LogP contribution in [0.15, 0.2) is 23.8 Å². The molecule has 0 spiro atoms. The van der Waals surface area contributed by atoms with Crippen LogP contribution in [0.3, 0.4) is 0 Å². The molecule has 2 saturated heterocycles. The summed E-state index contributed by atoms with van der Waals surface area (Å²) in [5.74, 6) is 1.40. The van der Waals surface area contributed by atoms with Crippen molar-refractivity contribution in [3.05, 3.63) is 23.8 Å². The molecule has 4 heteroatoms. The third-order valence-corrected chi connectivity index (χ3v) is 6.83. The molecule has 4 nitrogen and oxygen atoms in total. The molecule has 0 saturated carbocycles. The number of fused-ring (bicyclic) bond motifs is 5. The summed E-state index contributed by atoms with van der Waals surface area (Å²) in [6.45, 7) is 14.3. The summed E-state index contributed by atoms with van der Waals surface area (Å²) in [5, 5.41) is 11.3. The Kier molecular flexibility index (Phi) is 5.38. The molecule has 26 heavy (non-hydrogen) atoms. The summed E-state index contributed by atoms with van der Waals surface area (Å²) in [7, 11) is 0. The Bertz CT molecular complexity index is 603. The lowest BCUT2D eigenvalue weighted by Gasteiger charge is -2.42. The zero-order valence-electron chi connectivity index (χ0n) is 16.8. The highest BCUT2D eigenvalue weighted by atomic mass is 16.5. The molecular weight excluding hydrogens is 328 g/mol. The van der Waals surface area contributed by atoms with Crippen LogP contribution in [0.1, 0.15) is 60.3 Å². The van der Waals surface area contributed by atoms with E-state index in [0.29, 0.717) is 42.9 Å². The molecule has 1 N–H and O–H groups in total. The lowest BCUT2D eigenvalue weighted by atomic mass is 9.62. The van der Waals surface area contributed by atoms with Crippen LogP contribution in [0.5, 0.6) is 0 Å². The molecule has 0 amide bonds. The average molecular weight is 363 g/mol. The van der Waals surface area contributed by atoms with Crippen molar-refractivity contribution in [1.82, 2.24) is 0 Å². The maximum Gasteiger partial charge on any atom is 0.303 e. The lowest BCUT2D eigenvalue weighted by Crippen LogP contribution is -2.48. The Hall–Kier alpha value is -1.13. The second-order valence-electron chi connectivity index (χ2n) is 9.15. The van der Waals surface area contributed by atoms with Gasteiger partial charge in [0.05, 0.1) is 17.8 Å². The molecule has 146 valence electrons. The van der Waals surface area contributed by atoms with Gasteiger partial charge < -0.3 is 14.6 Å². The fourth-order valence-corrected chi connectivity index (χ4v) is 5.46. The first kappa shape index (κ1) is 19.6. The van der Waals surface area contributed by atoms with E-state index in [1.54, 1.807) is 0 Å². The van der Waals surface area contributed by atoms with Crippen molar-refractivity contribution in [3.8, 4) is 0 Å². The summed E-state index contributed by atoms with van der Waals surface area (Å²) in [6.07, 6.45) is 4.71. The van der Waals surface area contributed by atoms with Gasteiger partial charge in [0.15, 0.2) is 0 Å². The van der Waals surface area contributed by atoms with Crippen molar-refractivity contribution in [2.45, 2.75) is 84.2 Å². The van der Waals surface area contributed by atoms with Crippen LogP contribution in [0.2, 0.25) is 0 Å². The quantitative estimate of drug-likeness (QED) is 0.595. The zero-order valence-corrected chi connectivity index (χ0v) is 16.8. The molecule has 0 aromatic carbocycles. The van der Waals surface area contributed by atoms with Gasteiger partial charge in [0, 0.05) is 18.8 Å². The highest BCUT2D eigenvalue weighted by molar-refractivity contribution is 5.66. The molecular formula is C22H34O4. The second-order valence-corrected chi connectivity index (χ2v) is 9.15. The van der Waals surface area contributed by atoms with Gasteiger partial charge in [0.2, 0.25) is 0 Å². The van der Waals surface area contributed by atoms with E-state index in [1.165, 1.54) is 12.5 Å². The van der Waals surface area contributed by atoms with Gasteiger partial charge in [-0.3, -0.25) is 4.79 Å². The van der Waals surface area contributed by atoms with Gasteiger partial charge in [-0.25, -0.2) is 0 Å². The molecule has 0 aromatic heterocycles. The summed E-state index contributed by atoms with van der Waals surface area (Å²) in [4.78, 5) is 11.5. The molecule has 2 heterocycles. The third kappa shape index (κ3) is 3.50. The Morgan fingerprint density at radius 2 is 2.15 bits per heavy atom. The number of carbonyl (C=O) groups excluding carboxylic acids is 1. The smallest absolute Gasteiger partial charge is 0.303 e. The van der Waals surface area contributed by atoms with Gasteiger partial charge in [-0.15, -0.1) is 0 Å². The fourth-order valence-electron chi connectivity index (χ4n) is 5.46. The van der Waals surface area contributed by atoms with Gasteiger partial charge in [0.1, 0.15) is 6.10 Å². The average Bonchev–Trinajstić information content (AvgIpc) is 2.92. The summed E-state index contributed by atoms with van der Waals surface area (Å²) in [5.41, 5.74) is 1.33. The SMILES string of the molecule is C=C1C[C@@H]2O[C@H]([C@H]3[C@@H]2C(C)=CC[C@@H]3C(C)C)[C@](C)(O)CC[C@@H]1OC(C)=O. The number of esters is 1. The molecule has 2 fully saturated rings. The first-order valence-corrected chi connectivity index (χ1v) is 10.0. The van der Waals surface area contributed by atoms with E-state index in [2.05, 4.69) is 33.4 Å². The minimum absolute atomic E-state index is 0.00191. The van der Waals surface area contributed by atoms with Crippen molar-refractivity contribution < 1.29 is 19.4 Å². The van der Waals surface area contributed by atoms with Crippen LogP contribution in [0.25, 0.3) is 0 Å². The molecule has 0 unspecified atom stereocenters. The Labute approximate surface area is 157 Å². The van der Waals surface area contributed by atoms with E-state index in [0.717, 1.165) is 12.0 Å². The maximum atomic E-state index is 11.5. The van der Waals surface area contributed by atoms with Crippen LogP contribution in [-0.4, -0.2) is 35.0 Å². The molecule has 0 aromatic rings. The van der Waals surface area contributed by atoms with Crippen LogP contribution in [-0.2, 0) is 14.3 Å². The highest BCUT2D eigenvalue weighted by Crippen LogP contribution is 2.53. The maximum absolute atomic E-state index is 11.5. The predicted octanol–water partition coefficient (Wildman–Crippen LogP) is 4.03. The van der Waals surface area contributed by atoms with Crippen molar-refractivity contribution in [3.63, 3.8) is 0 Å². The van der Waals surface area contributed by atoms with Crippen molar-refractivity contribution in [2.24, 2.45) is 23.7 Å². The molecule has 2 bridgehead atoms. The summed E-state index contributed by atoms with van der Waals surface area (Å²) >= 11 is 0. The normalized spacial score (nSPS) is 43.2. The number of hydrogen-bond acceptors (Lipinski definition) is 4. The minimum atomic E-state index is -0.939. The van der Waals surface area contributed by atoms with E-state index in [-0.39, 0.29) is 24.3 Å². The van der Waals surface area contributed by atoms with E-state index < -0.39 is 5.60 Å².